The number of benzene rings is 1. The summed E-state index contributed by atoms with van der Waals surface area (Å²) in [7, 11) is 0. The monoisotopic (exact) mass is 713 g/mol. The average molecular weight is 716 g/mol. The fraction of sp³-hybridized carbons (Fsp3) is 0.320. The number of carbonyl (C=O) groups is 1. The van der Waals surface area contributed by atoms with E-state index in [1.165, 1.54) is 16.7 Å². The summed E-state index contributed by atoms with van der Waals surface area (Å²) in [4.78, 5) is 29.4. The van der Waals surface area contributed by atoms with Gasteiger partial charge in [0, 0.05) is 18.2 Å². The van der Waals surface area contributed by atoms with Crippen LogP contribution in [0.3, 0.4) is 0 Å². The highest BCUT2D eigenvalue weighted by Crippen LogP contribution is 2.41. The molecule has 0 N–H and O–H groups in total. The van der Waals surface area contributed by atoms with Crippen molar-refractivity contribution < 1.29 is 14.3 Å². The lowest BCUT2D eigenvalue weighted by Crippen LogP contribution is -2.32. The number of thiocarbonyl (C=S) groups is 1. The Labute approximate surface area is 276 Å². The Morgan fingerprint density at radius 3 is 2.15 bits per heavy atom. The van der Waals surface area contributed by atoms with Gasteiger partial charge in [0.1, 0.15) is 22.4 Å². The molecule has 1 saturated heterocycles. The van der Waals surface area contributed by atoms with Gasteiger partial charge in [0.2, 0.25) is 7.59 Å². The van der Waals surface area contributed by atoms with Crippen LogP contribution in [0.5, 0.6) is 5.75 Å². The molecule has 16 heteroatoms. The van der Waals surface area contributed by atoms with Crippen molar-refractivity contribution >= 4 is 104 Å². The number of amides is 1. The number of rotatable bonds is 7. The van der Waals surface area contributed by atoms with Crippen LogP contribution >= 0.6 is 93.6 Å². The van der Waals surface area contributed by atoms with Gasteiger partial charge in [-0.2, -0.15) is 0 Å². The van der Waals surface area contributed by atoms with Crippen LogP contribution in [-0.2, 0) is 17.1 Å². The van der Waals surface area contributed by atoms with Crippen LogP contribution in [0, 0.1) is 0 Å². The van der Waals surface area contributed by atoms with E-state index in [1.54, 1.807) is 36.4 Å². The van der Waals surface area contributed by atoms with E-state index in [2.05, 4.69) is 15.0 Å². The minimum atomic E-state index is -1.96. The first-order valence-electron chi connectivity index (χ1n) is 11.9. The van der Waals surface area contributed by atoms with Gasteiger partial charge in [-0.25, -0.2) is 15.0 Å². The van der Waals surface area contributed by atoms with Crippen LogP contribution in [0.15, 0.2) is 58.7 Å². The molecule has 218 valence electrons. The second-order valence-corrected chi connectivity index (χ2v) is 14.8. The van der Waals surface area contributed by atoms with Gasteiger partial charge in [-0.05, 0) is 51.1 Å². The van der Waals surface area contributed by atoms with E-state index >= 15 is 0 Å². The minimum absolute atomic E-state index is 0.139. The first kappa shape index (κ1) is 32.4. The van der Waals surface area contributed by atoms with Crippen LogP contribution in [0.2, 0.25) is 0 Å². The minimum Gasteiger partial charge on any atom is -0.492 e. The van der Waals surface area contributed by atoms with Gasteiger partial charge < -0.3 is 14.4 Å². The van der Waals surface area contributed by atoms with Crippen molar-refractivity contribution in [2.24, 2.45) is 0 Å². The van der Waals surface area contributed by atoms with Crippen molar-refractivity contribution in [1.29, 1.82) is 0 Å². The number of ether oxygens (including phenoxy) is 2. The summed E-state index contributed by atoms with van der Waals surface area (Å²) in [6.45, 7) is 7.15. The van der Waals surface area contributed by atoms with Crippen LogP contribution in [0.1, 0.15) is 32.4 Å². The lowest BCUT2D eigenvalue weighted by Gasteiger charge is -2.16. The molecule has 1 aromatic heterocycles. The van der Waals surface area contributed by atoms with Gasteiger partial charge >= 0.3 is 0 Å². The third kappa shape index (κ3) is 7.72. The Balaban J connectivity index is 1.39. The van der Waals surface area contributed by atoms with Crippen LogP contribution in [0.4, 0.5) is 0 Å². The van der Waals surface area contributed by atoms with Gasteiger partial charge in [-0.3, -0.25) is 9.69 Å². The fourth-order valence-corrected chi connectivity index (χ4v) is 5.48. The van der Waals surface area contributed by atoms with Gasteiger partial charge in [0.15, 0.2) is 23.4 Å². The molecule has 1 aromatic carbocycles. The van der Waals surface area contributed by atoms with Gasteiger partial charge in [0.25, 0.3) is 5.91 Å². The Hall–Kier alpha value is -1.50. The molecule has 1 amide bonds. The molecular weight excluding hydrogens is 695 g/mol. The summed E-state index contributed by atoms with van der Waals surface area (Å²) in [5.41, 5.74) is 1.58. The van der Waals surface area contributed by atoms with E-state index in [0.29, 0.717) is 26.4 Å². The molecule has 0 radical (unpaired) electrons. The van der Waals surface area contributed by atoms with Crippen molar-refractivity contribution in [3.63, 3.8) is 0 Å². The molecule has 4 rings (SSSR count). The third-order valence-electron chi connectivity index (χ3n) is 5.84. The molecule has 0 bridgehead atoms. The van der Waals surface area contributed by atoms with Crippen molar-refractivity contribution in [3.8, 4) is 17.1 Å². The van der Waals surface area contributed by atoms with E-state index in [-0.39, 0.29) is 36.5 Å². The van der Waals surface area contributed by atoms with Crippen LogP contribution in [-0.4, -0.2) is 54.7 Å². The second-order valence-electron chi connectivity index (χ2n) is 8.52. The normalized spacial score (nSPS) is 18.3. The van der Waals surface area contributed by atoms with E-state index < -0.39 is 7.59 Å². The van der Waals surface area contributed by atoms with Crippen LogP contribution < -0.4 is 4.74 Å². The lowest BCUT2D eigenvalue weighted by molar-refractivity contribution is -0.122. The molecule has 0 saturated carbocycles. The third-order valence-corrected chi connectivity index (χ3v) is 8.25. The lowest BCUT2D eigenvalue weighted by atomic mass is 10.2. The van der Waals surface area contributed by atoms with E-state index in [0.717, 1.165) is 18.0 Å². The Morgan fingerprint density at radius 1 is 0.976 bits per heavy atom. The Kier molecular flexibility index (Phi) is 10.3. The maximum absolute atomic E-state index is 13.0. The average Bonchev–Trinajstić information content (AvgIpc) is 3.34. The number of carbonyl (C=O) groups excluding carboxylic acids is 1. The molecule has 0 spiro atoms. The van der Waals surface area contributed by atoms with E-state index in [4.69, 9.17) is 91.3 Å². The predicted molar refractivity (Wildman–Crippen MR) is 169 cm³/mol. The van der Waals surface area contributed by atoms with Gasteiger partial charge in [-0.15, -0.1) is 0 Å². The van der Waals surface area contributed by atoms with Gasteiger partial charge in [0.05, 0.1) is 17.1 Å². The molecule has 8 nitrogen and oxygen atoms in total. The van der Waals surface area contributed by atoms with E-state index in [9.17, 15) is 4.79 Å². The highest BCUT2D eigenvalue weighted by atomic mass is 35.6. The standard InChI is InChI=1S/C25H21Cl6N5O3S2/c1-4-35-13(2)14(3)39-18(35)10-9-17-20(37)36(23(40)41-17)11-12-38-16-7-5-15(6-8-16)19-32-21(24(26,27)28)34-22(33-19)25(29,30)31/h5-10H,4,11-12H2,1-3H3. The topological polar surface area (TPSA) is 80.7 Å². The number of halogens is 6. The number of allylic oxidation sites excluding steroid dienone is 4. The first-order valence-corrected chi connectivity index (χ1v) is 15.4. The fourth-order valence-electron chi connectivity index (χ4n) is 3.73. The predicted octanol–water partition coefficient (Wildman–Crippen LogP) is 7.76. The molecule has 2 aromatic rings. The summed E-state index contributed by atoms with van der Waals surface area (Å²) >= 11 is 42.4. The Bertz CT molecular complexity index is 1420. The smallest absolute Gasteiger partial charge is 0.266 e. The molecule has 2 aliphatic heterocycles. The highest BCUT2D eigenvalue weighted by Gasteiger charge is 2.34. The summed E-state index contributed by atoms with van der Waals surface area (Å²) in [6, 6.07) is 6.76. The van der Waals surface area contributed by atoms with Crippen molar-refractivity contribution in [2.45, 2.75) is 28.4 Å². The maximum atomic E-state index is 13.0. The number of alkyl halides is 6. The molecule has 41 heavy (non-hydrogen) atoms. The zero-order valence-electron chi connectivity index (χ0n) is 21.6. The molecule has 2 aliphatic rings. The van der Waals surface area contributed by atoms with Crippen LogP contribution in [0.25, 0.3) is 11.4 Å². The maximum Gasteiger partial charge on any atom is 0.266 e. The zero-order chi connectivity index (χ0) is 30.1. The van der Waals surface area contributed by atoms with Gasteiger partial charge in [-0.1, -0.05) is 93.6 Å². The number of nitrogens with zero attached hydrogens (tertiary/aromatic N) is 5. The highest BCUT2D eigenvalue weighted by molar-refractivity contribution is 8.26. The summed E-state index contributed by atoms with van der Waals surface area (Å²) in [5.74, 6) is 1.60. The molecule has 0 atom stereocenters. The number of hydrogen-bond donors (Lipinski definition) is 0. The number of thioether (sulfide) groups is 1. The quantitative estimate of drug-likeness (QED) is 0.162. The molecule has 0 unspecified atom stereocenters. The summed E-state index contributed by atoms with van der Waals surface area (Å²) in [5, 5.41) is 0. The van der Waals surface area contributed by atoms with Crippen molar-refractivity contribution in [2.75, 3.05) is 19.7 Å². The largest absolute Gasteiger partial charge is 0.492 e. The molecule has 3 heterocycles. The second kappa shape index (κ2) is 13.0. The number of aromatic nitrogens is 3. The first-order chi connectivity index (χ1) is 19.2. The van der Waals surface area contributed by atoms with Crippen molar-refractivity contribution in [1.82, 2.24) is 24.8 Å². The summed E-state index contributed by atoms with van der Waals surface area (Å²) in [6.07, 6.45) is 3.51. The summed E-state index contributed by atoms with van der Waals surface area (Å²) < 4.78 is 8.17. The Morgan fingerprint density at radius 2 is 1.59 bits per heavy atom. The van der Waals surface area contributed by atoms with Crippen molar-refractivity contribution in [3.05, 3.63) is 70.3 Å². The molecule has 0 aliphatic carbocycles. The molecule has 1 fully saturated rings. The van der Waals surface area contributed by atoms with E-state index in [1.807, 2.05) is 25.7 Å². The zero-order valence-corrected chi connectivity index (χ0v) is 27.8. The SMILES string of the molecule is CCN1C(=CC=C2SC(=S)N(CCOc3ccc(-c4nc(C(Cl)(Cl)Cl)nc(C(Cl)(Cl)Cl)n4)cc3)C2=O)OC(C)=C1C. The number of hydrogen-bond acceptors (Lipinski definition) is 9. The molecular formula is C25H21Cl6N5O3S2.